The summed E-state index contributed by atoms with van der Waals surface area (Å²) in [5, 5.41) is 9.89. The van der Waals surface area contributed by atoms with E-state index in [0.717, 1.165) is 31.6 Å². The second-order valence-corrected chi connectivity index (χ2v) is 7.77. The molecule has 0 aliphatic heterocycles. The van der Waals surface area contributed by atoms with Crippen LogP contribution in [0.5, 0.6) is 0 Å². The molecule has 2 fully saturated rings. The third-order valence-corrected chi connectivity index (χ3v) is 6.56. The van der Waals surface area contributed by atoms with Gasteiger partial charge >= 0.3 is 0 Å². The lowest BCUT2D eigenvalue weighted by molar-refractivity contribution is 0.0543. The van der Waals surface area contributed by atoms with Crippen molar-refractivity contribution in [3.8, 4) is 0 Å². The van der Waals surface area contributed by atoms with E-state index in [1.807, 2.05) is 0 Å². The Morgan fingerprint density at radius 3 is 1.91 bits per heavy atom. The zero-order chi connectivity index (χ0) is 15.6. The molecule has 2 saturated carbocycles. The van der Waals surface area contributed by atoms with Gasteiger partial charge < -0.3 is 10.8 Å². The molecule has 0 heterocycles. The van der Waals surface area contributed by atoms with Crippen LogP contribution in [0.3, 0.4) is 0 Å². The van der Waals surface area contributed by atoms with E-state index in [2.05, 4.69) is 37.3 Å². The van der Waals surface area contributed by atoms with Gasteiger partial charge in [-0.05, 0) is 74.2 Å². The minimum atomic E-state index is -0.0731. The van der Waals surface area contributed by atoms with Crippen molar-refractivity contribution in [2.24, 2.45) is 17.6 Å². The molecule has 0 bridgehead atoms. The molecule has 3 N–H and O–H groups in total. The van der Waals surface area contributed by atoms with Gasteiger partial charge in [0.2, 0.25) is 0 Å². The van der Waals surface area contributed by atoms with Crippen molar-refractivity contribution >= 4 is 0 Å². The molecule has 1 atom stereocenters. The van der Waals surface area contributed by atoms with Crippen LogP contribution in [0, 0.1) is 11.8 Å². The first-order chi connectivity index (χ1) is 10.6. The van der Waals surface area contributed by atoms with Gasteiger partial charge in [0.05, 0.1) is 6.10 Å². The molecule has 2 nitrogen and oxygen atoms in total. The first-order valence-corrected chi connectivity index (χ1v) is 9.10. The van der Waals surface area contributed by atoms with Gasteiger partial charge in [-0.3, -0.25) is 0 Å². The van der Waals surface area contributed by atoms with Gasteiger partial charge in [-0.15, -0.1) is 0 Å². The number of rotatable bonds is 3. The summed E-state index contributed by atoms with van der Waals surface area (Å²) in [4.78, 5) is 0. The van der Waals surface area contributed by atoms with Gasteiger partial charge in [-0.2, -0.15) is 0 Å². The van der Waals surface area contributed by atoms with E-state index in [-0.39, 0.29) is 11.5 Å². The minimum absolute atomic E-state index is 0.0731. The van der Waals surface area contributed by atoms with Gasteiger partial charge in [-0.1, -0.05) is 37.3 Å². The van der Waals surface area contributed by atoms with E-state index in [9.17, 15) is 5.11 Å². The highest BCUT2D eigenvalue weighted by atomic mass is 16.3. The Bertz CT molecular complexity index is 434. The molecule has 2 aliphatic rings. The lowest BCUT2D eigenvalue weighted by atomic mass is 9.56. The van der Waals surface area contributed by atoms with Crippen LogP contribution in [-0.4, -0.2) is 17.3 Å². The van der Waals surface area contributed by atoms with Gasteiger partial charge in [0, 0.05) is 6.04 Å². The van der Waals surface area contributed by atoms with Gasteiger partial charge in [-0.25, -0.2) is 0 Å². The van der Waals surface area contributed by atoms with Crippen molar-refractivity contribution in [1.29, 1.82) is 0 Å². The van der Waals surface area contributed by atoms with Crippen LogP contribution in [0.4, 0.5) is 0 Å². The average Bonchev–Trinajstić information content (AvgIpc) is 2.56. The number of aliphatic hydroxyl groups excluding tert-OH is 1. The fraction of sp³-hybridized carbons (Fsp3) is 0.700. The van der Waals surface area contributed by atoms with Crippen LogP contribution >= 0.6 is 0 Å². The summed E-state index contributed by atoms with van der Waals surface area (Å²) in [6, 6.07) is 11.5. The van der Waals surface area contributed by atoms with Crippen LogP contribution in [0.2, 0.25) is 0 Å². The van der Waals surface area contributed by atoms with Crippen molar-refractivity contribution < 1.29 is 5.11 Å². The summed E-state index contributed by atoms with van der Waals surface area (Å²) in [5.41, 5.74) is 7.88. The molecule has 0 spiro atoms. The SMILES string of the molecule is CC(c1ccccc1)(C1CCC(N)CC1)C1CCC(O)CC1. The van der Waals surface area contributed by atoms with Gasteiger partial charge in [0.25, 0.3) is 0 Å². The molecule has 2 aliphatic carbocycles. The lowest BCUT2D eigenvalue weighted by Crippen LogP contribution is -2.44. The van der Waals surface area contributed by atoms with Gasteiger partial charge in [0.15, 0.2) is 0 Å². The highest BCUT2D eigenvalue weighted by Gasteiger charge is 2.44. The average molecular weight is 301 g/mol. The predicted molar refractivity (Wildman–Crippen MR) is 91.7 cm³/mol. The molecule has 0 aromatic heterocycles. The fourth-order valence-corrected chi connectivity index (χ4v) is 5.00. The number of hydrogen-bond acceptors (Lipinski definition) is 2. The van der Waals surface area contributed by atoms with Crippen molar-refractivity contribution in [2.75, 3.05) is 0 Å². The molecular formula is C20H31NO. The Kier molecular flexibility index (Phi) is 4.89. The molecule has 2 heteroatoms. The van der Waals surface area contributed by atoms with Crippen molar-refractivity contribution in [2.45, 2.75) is 75.9 Å². The summed E-state index contributed by atoms with van der Waals surface area (Å²) in [6.07, 6.45) is 9.04. The molecule has 122 valence electrons. The Morgan fingerprint density at radius 1 is 0.864 bits per heavy atom. The molecule has 0 amide bonds. The number of aliphatic hydroxyl groups is 1. The van der Waals surface area contributed by atoms with Crippen LogP contribution < -0.4 is 5.73 Å². The normalized spacial score (nSPS) is 35.8. The smallest absolute Gasteiger partial charge is 0.0540 e. The maximum atomic E-state index is 9.89. The lowest BCUT2D eigenvalue weighted by Gasteiger charge is -2.48. The van der Waals surface area contributed by atoms with E-state index >= 15 is 0 Å². The molecule has 22 heavy (non-hydrogen) atoms. The quantitative estimate of drug-likeness (QED) is 0.886. The number of hydrogen-bond donors (Lipinski definition) is 2. The zero-order valence-electron chi connectivity index (χ0n) is 13.9. The third kappa shape index (κ3) is 3.09. The summed E-state index contributed by atoms with van der Waals surface area (Å²) >= 11 is 0. The van der Waals surface area contributed by atoms with E-state index in [1.165, 1.54) is 31.2 Å². The van der Waals surface area contributed by atoms with Crippen LogP contribution in [0.1, 0.15) is 63.9 Å². The second-order valence-electron chi connectivity index (χ2n) is 7.77. The number of nitrogens with two attached hydrogens (primary N) is 1. The third-order valence-electron chi connectivity index (χ3n) is 6.56. The van der Waals surface area contributed by atoms with Crippen molar-refractivity contribution in [3.63, 3.8) is 0 Å². The molecule has 1 aromatic carbocycles. The summed E-state index contributed by atoms with van der Waals surface area (Å²) in [5.74, 6) is 1.42. The van der Waals surface area contributed by atoms with E-state index < -0.39 is 0 Å². The molecule has 1 unspecified atom stereocenters. The first-order valence-electron chi connectivity index (χ1n) is 9.10. The fourth-order valence-electron chi connectivity index (χ4n) is 5.00. The Balaban J connectivity index is 1.88. The monoisotopic (exact) mass is 301 g/mol. The predicted octanol–water partition coefficient (Wildman–Crippen LogP) is 4.01. The highest BCUT2D eigenvalue weighted by Crippen LogP contribution is 2.50. The molecule has 3 rings (SSSR count). The summed E-state index contributed by atoms with van der Waals surface area (Å²) < 4.78 is 0. The zero-order valence-corrected chi connectivity index (χ0v) is 13.9. The van der Waals surface area contributed by atoms with Crippen molar-refractivity contribution in [3.05, 3.63) is 35.9 Å². The van der Waals surface area contributed by atoms with Crippen LogP contribution in [0.25, 0.3) is 0 Å². The molecular weight excluding hydrogens is 270 g/mol. The van der Waals surface area contributed by atoms with E-state index in [0.29, 0.717) is 12.0 Å². The maximum Gasteiger partial charge on any atom is 0.0540 e. The standard InChI is InChI=1S/C20H31NO/c1-20(15-5-3-2-4-6-15,16-7-11-18(21)12-8-16)17-9-13-19(22)14-10-17/h2-6,16-19,22H,7-14,21H2,1H3. The Labute approximate surface area is 135 Å². The van der Waals surface area contributed by atoms with Crippen molar-refractivity contribution in [1.82, 2.24) is 0 Å². The van der Waals surface area contributed by atoms with Crippen LogP contribution in [0.15, 0.2) is 30.3 Å². The maximum absolute atomic E-state index is 9.89. The second kappa shape index (κ2) is 6.72. The van der Waals surface area contributed by atoms with Crippen LogP contribution in [-0.2, 0) is 5.41 Å². The number of benzene rings is 1. The minimum Gasteiger partial charge on any atom is -0.393 e. The molecule has 0 saturated heterocycles. The van der Waals surface area contributed by atoms with E-state index in [4.69, 9.17) is 5.73 Å². The summed E-state index contributed by atoms with van der Waals surface area (Å²) in [6.45, 7) is 2.49. The van der Waals surface area contributed by atoms with E-state index in [1.54, 1.807) is 0 Å². The largest absolute Gasteiger partial charge is 0.393 e. The van der Waals surface area contributed by atoms with Gasteiger partial charge in [0.1, 0.15) is 0 Å². The summed E-state index contributed by atoms with van der Waals surface area (Å²) in [7, 11) is 0. The Hall–Kier alpha value is -0.860. The highest BCUT2D eigenvalue weighted by molar-refractivity contribution is 5.27. The topological polar surface area (TPSA) is 46.2 Å². The first kappa shape index (κ1) is 16.0. The molecule has 0 radical (unpaired) electrons. The molecule has 1 aromatic rings. The Morgan fingerprint density at radius 2 is 1.36 bits per heavy atom.